The fourth-order valence-electron chi connectivity index (χ4n) is 0.874. The fourth-order valence-corrected chi connectivity index (χ4v) is 0.874. The fraction of sp³-hybridized carbons (Fsp3) is 1.00. The summed E-state index contributed by atoms with van der Waals surface area (Å²) in [6.07, 6.45) is 1.06. The van der Waals surface area contributed by atoms with Crippen molar-refractivity contribution in [3.8, 4) is 0 Å². The van der Waals surface area contributed by atoms with Crippen LogP contribution in [0.4, 0.5) is 0 Å². The molecule has 0 heterocycles. The lowest BCUT2D eigenvalue weighted by Crippen LogP contribution is -2.31. The second-order valence-electron chi connectivity index (χ2n) is 2.66. The van der Waals surface area contributed by atoms with Crippen LogP contribution in [0.3, 0.4) is 0 Å². The molecule has 0 saturated carbocycles. The number of nitrogens with one attached hydrogen (secondary N) is 1. The predicted molar refractivity (Wildman–Crippen MR) is 45.8 cm³/mol. The standard InChI is InChI=1S/C8H19NO2/c1-8(7-11-3)9-5-4-6-10-2/h8-9H,4-7H2,1-3H3/t8-/m0/s1. The second-order valence-corrected chi connectivity index (χ2v) is 2.66. The maximum absolute atomic E-state index is 4.97. The third-order valence-corrected chi connectivity index (χ3v) is 1.43. The van der Waals surface area contributed by atoms with Crippen molar-refractivity contribution >= 4 is 0 Å². The average molecular weight is 161 g/mol. The summed E-state index contributed by atoms with van der Waals surface area (Å²) in [5.41, 5.74) is 0. The molecular weight excluding hydrogens is 142 g/mol. The summed E-state index contributed by atoms with van der Waals surface area (Å²) in [5.74, 6) is 0. The number of hydrogen-bond donors (Lipinski definition) is 1. The van der Waals surface area contributed by atoms with Gasteiger partial charge >= 0.3 is 0 Å². The van der Waals surface area contributed by atoms with Gasteiger partial charge in [0.2, 0.25) is 0 Å². The van der Waals surface area contributed by atoms with Gasteiger partial charge in [-0.3, -0.25) is 0 Å². The summed E-state index contributed by atoms with van der Waals surface area (Å²) in [4.78, 5) is 0. The van der Waals surface area contributed by atoms with E-state index in [1.807, 2.05) is 0 Å². The molecule has 0 aliphatic rings. The molecule has 0 rings (SSSR count). The molecule has 1 atom stereocenters. The number of ether oxygens (including phenoxy) is 2. The van der Waals surface area contributed by atoms with Crippen LogP contribution in [0.2, 0.25) is 0 Å². The molecule has 0 aliphatic heterocycles. The highest BCUT2D eigenvalue weighted by Gasteiger charge is 1.97. The normalized spacial score (nSPS) is 13.4. The van der Waals surface area contributed by atoms with Crippen LogP contribution in [0.1, 0.15) is 13.3 Å². The van der Waals surface area contributed by atoms with Crippen LogP contribution in [0.15, 0.2) is 0 Å². The van der Waals surface area contributed by atoms with Gasteiger partial charge in [0, 0.05) is 26.9 Å². The van der Waals surface area contributed by atoms with E-state index in [0.717, 1.165) is 26.2 Å². The highest BCUT2D eigenvalue weighted by Crippen LogP contribution is 1.83. The Bertz CT molecular complexity index is 78.5. The first-order valence-corrected chi connectivity index (χ1v) is 4.02. The van der Waals surface area contributed by atoms with E-state index in [4.69, 9.17) is 9.47 Å². The van der Waals surface area contributed by atoms with Gasteiger partial charge in [-0.25, -0.2) is 0 Å². The molecule has 0 radical (unpaired) electrons. The van der Waals surface area contributed by atoms with E-state index in [9.17, 15) is 0 Å². The van der Waals surface area contributed by atoms with Gasteiger partial charge in [0.25, 0.3) is 0 Å². The molecule has 68 valence electrons. The molecular formula is C8H19NO2. The van der Waals surface area contributed by atoms with Crippen LogP contribution in [0.5, 0.6) is 0 Å². The van der Waals surface area contributed by atoms with E-state index in [2.05, 4.69) is 12.2 Å². The quantitative estimate of drug-likeness (QED) is 0.556. The van der Waals surface area contributed by atoms with Crippen LogP contribution < -0.4 is 5.32 Å². The van der Waals surface area contributed by atoms with E-state index in [-0.39, 0.29) is 0 Å². The Morgan fingerprint density at radius 3 is 2.55 bits per heavy atom. The van der Waals surface area contributed by atoms with Crippen molar-refractivity contribution in [2.75, 3.05) is 34.0 Å². The van der Waals surface area contributed by atoms with E-state index in [0.29, 0.717) is 6.04 Å². The molecule has 1 N–H and O–H groups in total. The zero-order chi connectivity index (χ0) is 8.53. The van der Waals surface area contributed by atoms with Crippen LogP contribution >= 0.6 is 0 Å². The number of rotatable bonds is 7. The summed E-state index contributed by atoms with van der Waals surface area (Å²) in [5, 5.41) is 3.31. The van der Waals surface area contributed by atoms with Crippen LogP contribution in [0, 0.1) is 0 Å². The van der Waals surface area contributed by atoms with Gasteiger partial charge in [-0.05, 0) is 19.9 Å². The molecule has 0 unspecified atom stereocenters. The molecule has 0 bridgehead atoms. The first-order chi connectivity index (χ1) is 5.31. The van der Waals surface area contributed by atoms with Gasteiger partial charge in [0.05, 0.1) is 6.61 Å². The maximum Gasteiger partial charge on any atom is 0.0613 e. The van der Waals surface area contributed by atoms with Gasteiger partial charge in [0.15, 0.2) is 0 Å². The van der Waals surface area contributed by atoms with Gasteiger partial charge in [-0.2, -0.15) is 0 Å². The summed E-state index contributed by atoms with van der Waals surface area (Å²) < 4.78 is 9.88. The van der Waals surface area contributed by atoms with Crippen molar-refractivity contribution in [3.63, 3.8) is 0 Å². The highest BCUT2D eigenvalue weighted by molar-refractivity contribution is 4.57. The highest BCUT2D eigenvalue weighted by atomic mass is 16.5. The van der Waals surface area contributed by atoms with Crippen molar-refractivity contribution in [2.45, 2.75) is 19.4 Å². The third kappa shape index (κ3) is 7.78. The summed E-state index contributed by atoms with van der Waals surface area (Å²) >= 11 is 0. The van der Waals surface area contributed by atoms with Crippen molar-refractivity contribution < 1.29 is 9.47 Å². The van der Waals surface area contributed by atoms with Gasteiger partial charge in [-0.1, -0.05) is 0 Å². The molecule has 3 heteroatoms. The number of methoxy groups -OCH3 is 2. The third-order valence-electron chi connectivity index (χ3n) is 1.43. The first kappa shape index (κ1) is 10.9. The molecule has 3 nitrogen and oxygen atoms in total. The summed E-state index contributed by atoms with van der Waals surface area (Å²) in [7, 11) is 3.44. The molecule has 0 aromatic carbocycles. The summed E-state index contributed by atoms with van der Waals surface area (Å²) in [6, 6.07) is 0.442. The minimum atomic E-state index is 0.442. The Balaban J connectivity index is 2.97. The zero-order valence-corrected chi connectivity index (χ0v) is 7.72. The van der Waals surface area contributed by atoms with Gasteiger partial charge in [-0.15, -0.1) is 0 Å². The van der Waals surface area contributed by atoms with Crippen LogP contribution in [0.25, 0.3) is 0 Å². The van der Waals surface area contributed by atoms with E-state index < -0.39 is 0 Å². The van der Waals surface area contributed by atoms with Gasteiger partial charge in [0.1, 0.15) is 0 Å². The van der Waals surface area contributed by atoms with E-state index in [1.165, 1.54) is 0 Å². The van der Waals surface area contributed by atoms with Crippen LogP contribution in [-0.4, -0.2) is 40.0 Å². The molecule has 11 heavy (non-hydrogen) atoms. The first-order valence-electron chi connectivity index (χ1n) is 4.02. The minimum absolute atomic E-state index is 0.442. The molecule has 0 aliphatic carbocycles. The molecule has 0 aromatic rings. The number of hydrogen-bond acceptors (Lipinski definition) is 3. The molecule has 0 fully saturated rings. The zero-order valence-electron chi connectivity index (χ0n) is 7.72. The lowest BCUT2D eigenvalue weighted by molar-refractivity contribution is 0.165. The Morgan fingerprint density at radius 1 is 1.27 bits per heavy atom. The second kappa shape index (κ2) is 7.98. The SMILES string of the molecule is COCCCN[C@@H](C)COC. The average Bonchev–Trinajstić information content (AvgIpc) is 1.99. The minimum Gasteiger partial charge on any atom is -0.385 e. The lowest BCUT2D eigenvalue weighted by Gasteiger charge is -2.11. The van der Waals surface area contributed by atoms with Crippen molar-refractivity contribution in [1.82, 2.24) is 5.32 Å². The molecule has 0 amide bonds. The molecule has 0 aromatic heterocycles. The maximum atomic E-state index is 4.97. The topological polar surface area (TPSA) is 30.5 Å². The van der Waals surface area contributed by atoms with Crippen molar-refractivity contribution in [1.29, 1.82) is 0 Å². The van der Waals surface area contributed by atoms with E-state index >= 15 is 0 Å². The Hall–Kier alpha value is -0.120. The Labute approximate surface area is 69.1 Å². The monoisotopic (exact) mass is 161 g/mol. The molecule has 0 saturated heterocycles. The van der Waals surface area contributed by atoms with Crippen molar-refractivity contribution in [3.05, 3.63) is 0 Å². The largest absolute Gasteiger partial charge is 0.385 e. The van der Waals surface area contributed by atoms with Crippen molar-refractivity contribution in [2.24, 2.45) is 0 Å². The smallest absolute Gasteiger partial charge is 0.0613 e. The van der Waals surface area contributed by atoms with Gasteiger partial charge < -0.3 is 14.8 Å². The lowest BCUT2D eigenvalue weighted by atomic mass is 10.3. The Morgan fingerprint density at radius 2 is 2.00 bits per heavy atom. The van der Waals surface area contributed by atoms with Crippen LogP contribution in [-0.2, 0) is 9.47 Å². The predicted octanol–water partition coefficient (Wildman–Crippen LogP) is 0.647. The van der Waals surface area contributed by atoms with E-state index in [1.54, 1.807) is 14.2 Å². The summed E-state index contributed by atoms with van der Waals surface area (Å²) in [6.45, 7) is 4.70. The Kier molecular flexibility index (Phi) is 7.89. The molecule has 0 spiro atoms.